The summed E-state index contributed by atoms with van der Waals surface area (Å²) in [5.74, 6) is 0.474. The number of carbonyl (C=O) groups excluding carboxylic acids is 1. The number of amides is 1. The van der Waals surface area contributed by atoms with Crippen LogP contribution in [0.4, 0.5) is 0 Å². The maximum atomic E-state index is 12.6. The number of benzene rings is 1. The van der Waals surface area contributed by atoms with Crippen LogP contribution in [0.2, 0.25) is 0 Å². The van der Waals surface area contributed by atoms with Crippen molar-refractivity contribution in [1.29, 1.82) is 0 Å². The molecule has 3 rings (SSSR count). The Morgan fingerprint density at radius 3 is 3.00 bits per heavy atom. The van der Waals surface area contributed by atoms with Crippen LogP contribution in [-0.4, -0.2) is 39.8 Å². The molecule has 0 aliphatic carbocycles. The van der Waals surface area contributed by atoms with Crippen LogP contribution < -0.4 is 15.6 Å². The van der Waals surface area contributed by atoms with Gasteiger partial charge in [0.25, 0.3) is 5.56 Å². The zero-order valence-corrected chi connectivity index (χ0v) is 16.9. The van der Waals surface area contributed by atoms with E-state index in [1.165, 1.54) is 23.2 Å². The van der Waals surface area contributed by atoms with Gasteiger partial charge in [-0.2, -0.15) is 0 Å². The molecule has 0 saturated heterocycles. The van der Waals surface area contributed by atoms with Gasteiger partial charge in [-0.25, -0.2) is 4.98 Å². The number of carbonyl (C=O) groups is 1. The van der Waals surface area contributed by atoms with Crippen molar-refractivity contribution in [3.8, 4) is 5.75 Å². The van der Waals surface area contributed by atoms with E-state index in [4.69, 9.17) is 4.74 Å². The Kier molecular flexibility index (Phi) is 7.40. The molecule has 0 saturated carbocycles. The number of fused-ring (bicyclic) bond motifs is 1. The summed E-state index contributed by atoms with van der Waals surface area (Å²) in [6, 6.07) is 9.23. The van der Waals surface area contributed by atoms with Crippen molar-refractivity contribution >= 4 is 34.8 Å². The largest absolute Gasteiger partial charge is 0.492 e. The first-order chi connectivity index (χ1) is 14.2. The van der Waals surface area contributed by atoms with Crippen LogP contribution in [0.5, 0.6) is 5.75 Å². The van der Waals surface area contributed by atoms with E-state index >= 15 is 0 Å². The summed E-state index contributed by atoms with van der Waals surface area (Å²) in [6.07, 6.45) is 11.1. The van der Waals surface area contributed by atoms with Crippen LogP contribution in [0, 0.1) is 0 Å². The van der Waals surface area contributed by atoms with Gasteiger partial charge < -0.3 is 10.1 Å². The van der Waals surface area contributed by atoms with Gasteiger partial charge >= 0.3 is 0 Å². The smallest absolute Gasteiger partial charge is 0.265 e. The minimum absolute atomic E-state index is 0.206. The first-order valence-electron chi connectivity index (χ1n) is 9.21. The standard InChI is InChI=1S/C21H22N4O3S/c1-29-17-6-7-19-18(13-17)21(27)25(15-24-19)11-8-20(26)23-10-2-3-12-28-16-5-4-9-22-14-16/h4-9,11,13-15H,2-3,10,12H2,1H3,(H,23,26)/b11-8+. The molecule has 150 valence electrons. The van der Waals surface area contributed by atoms with E-state index in [0.29, 0.717) is 24.1 Å². The van der Waals surface area contributed by atoms with Crippen LogP contribution in [0.15, 0.2) is 64.8 Å². The number of ether oxygens (including phenoxy) is 1. The second kappa shape index (κ2) is 10.4. The average Bonchev–Trinajstić information content (AvgIpc) is 2.76. The number of hydrogen-bond donors (Lipinski definition) is 1. The first kappa shape index (κ1) is 20.6. The Morgan fingerprint density at radius 2 is 2.21 bits per heavy atom. The van der Waals surface area contributed by atoms with E-state index in [0.717, 1.165) is 23.5 Å². The van der Waals surface area contributed by atoms with E-state index in [1.54, 1.807) is 24.2 Å². The van der Waals surface area contributed by atoms with Crippen molar-refractivity contribution in [3.63, 3.8) is 0 Å². The molecule has 1 amide bonds. The molecule has 0 aliphatic heterocycles. The van der Waals surface area contributed by atoms with Gasteiger partial charge in [0.2, 0.25) is 5.91 Å². The average molecular weight is 410 g/mol. The first-order valence-corrected chi connectivity index (χ1v) is 10.4. The molecule has 0 spiro atoms. The summed E-state index contributed by atoms with van der Waals surface area (Å²) < 4.78 is 6.86. The molecule has 0 fully saturated rings. The Labute approximate surface area is 172 Å². The SMILES string of the molecule is CSc1ccc2ncn(/C=C/C(=O)NCCCCOc3cccnc3)c(=O)c2c1. The van der Waals surface area contributed by atoms with E-state index in [-0.39, 0.29) is 11.5 Å². The van der Waals surface area contributed by atoms with Gasteiger partial charge in [-0.05, 0) is 49.4 Å². The maximum absolute atomic E-state index is 12.6. The monoisotopic (exact) mass is 410 g/mol. The highest BCUT2D eigenvalue weighted by molar-refractivity contribution is 7.98. The normalized spacial score (nSPS) is 11.1. The fourth-order valence-corrected chi connectivity index (χ4v) is 3.06. The van der Waals surface area contributed by atoms with Crippen molar-refractivity contribution in [2.45, 2.75) is 17.7 Å². The summed E-state index contributed by atoms with van der Waals surface area (Å²) in [6.45, 7) is 1.09. The molecule has 0 radical (unpaired) electrons. The molecule has 0 atom stereocenters. The number of thioether (sulfide) groups is 1. The third-order valence-electron chi connectivity index (χ3n) is 4.15. The summed E-state index contributed by atoms with van der Waals surface area (Å²) in [5, 5.41) is 3.32. The zero-order chi connectivity index (χ0) is 20.5. The minimum Gasteiger partial charge on any atom is -0.492 e. The molecule has 2 aromatic heterocycles. The van der Waals surface area contributed by atoms with Crippen molar-refractivity contribution in [1.82, 2.24) is 19.9 Å². The lowest BCUT2D eigenvalue weighted by atomic mass is 10.2. The number of hydrogen-bond acceptors (Lipinski definition) is 6. The van der Waals surface area contributed by atoms with Gasteiger partial charge in [-0.3, -0.25) is 19.1 Å². The summed E-state index contributed by atoms with van der Waals surface area (Å²) in [4.78, 5) is 33.8. The summed E-state index contributed by atoms with van der Waals surface area (Å²) >= 11 is 1.56. The van der Waals surface area contributed by atoms with Gasteiger partial charge in [0.1, 0.15) is 12.1 Å². The highest BCUT2D eigenvalue weighted by Crippen LogP contribution is 2.18. The quantitative estimate of drug-likeness (QED) is 0.332. The van der Waals surface area contributed by atoms with Crippen LogP contribution in [0.1, 0.15) is 12.8 Å². The Hall–Kier alpha value is -3.13. The minimum atomic E-state index is -0.261. The number of unbranched alkanes of at least 4 members (excludes halogenated alkanes) is 1. The van der Waals surface area contributed by atoms with E-state index in [9.17, 15) is 9.59 Å². The fourth-order valence-electron chi connectivity index (χ4n) is 2.62. The fraction of sp³-hybridized carbons (Fsp3) is 0.238. The molecule has 8 heteroatoms. The molecular formula is C21H22N4O3S. The molecule has 2 heterocycles. The number of nitrogens with zero attached hydrogens (tertiary/aromatic N) is 3. The van der Waals surface area contributed by atoms with Gasteiger partial charge in [-0.1, -0.05) is 0 Å². The second-order valence-electron chi connectivity index (χ2n) is 6.19. The maximum Gasteiger partial charge on any atom is 0.265 e. The van der Waals surface area contributed by atoms with Crippen LogP contribution in [-0.2, 0) is 4.79 Å². The number of pyridine rings is 1. The molecule has 0 aliphatic rings. The molecule has 1 N–H and O–H groups in total. The third-order valence-corrected chi connectivity index (χ3v) is 4.88. The van der Waals surface area contributed by atoms with Gasteiger partial charge in [0.15, 0.2) is 0 Å². The zero-order valence-electron chi connectivity index (χ0n) is 16.1. The highest BCUT2D eigenvalue weighted by atomic mass is 32.2. The molecule has 29 heavy (non-hydrogen) atoms. The second-order valence-corrected chi connectivity index (χ2v) is 7.07. The van der Waals surface area contributed by atoms with Gasteiger partial charge in [-0.15, -0.1) is 11.8 Å². The lowest BCUT2D eigenvalue weighted by Crippen LogP contribution is -2.23. The molecule has 1 aromatic carbocycles. The van der Waals surface area contributed by atoms with Crippen molar-refractivity contribution < 1.29 is 9.53 Å². The Bertz CT molecular complexity index is 1050. The van der Waals surface area contributed by atoms with Crippen LogP contribution in [0.3, 0.4) is 0 Å². The number of nitrogens with one attached hydrogen (secondary N) is 1. The Balaban J connectivity index is 1.46. The van der Waals surface area contributed by atoms with E-state index in [2.05, 4.69) is 15.3 Å². The van der Waals surface area contributed by atoms with Crippen molar-refractivity contribution in [3.05, 3.63) is 65.5 Å². The summed E-state index contributed by atoms with van der Waals surface area (Å²) in [7, 11) is 0. The van der Waals surface area contributed by atoms with E-state index in [1.807, 2.05) is 36.6 Å². The van der Waals surface area contributed by atoms with Gasteiger partial charge in [0, 0.05) is 29.9 Å². The topological polar surface area (TPSA) is 86.1 Å². The number of rotatable bonds is 9. The predicted molar refractivity (Wildman–Crippen MR) is 115 cm³/mol. The highest BCUT2D eigenvalue weighted by Gasteiger charge is 2.04. The summed E-state index contributed by atoms with van der Waals surface area (Å²) in [5.41, 5.74) is 0.429. The molecule has 7 nitrogen and oxygen atoms in total. The van der Waals surface area contributed by atoms with Crippen LogP contribution >= 0.6 is 11.8 Å². The Morgan fingerprint density at radius 1 is 1.31 bits per heavy atom. The lowest BCUT2D eigenvalue weighted by molar-refractivity contribution is -0.116. The van der Waals surface area contributed by atoms with Crippen molar-refractivity contribution in [2.24, 2.45) is 0 Å². The lowest BCUT2D eigenvalue weighted by Gasteiger charge is -2.06. The molecular weight excluding hydrogens is 388 g/mol. The van der Waals surface area contributed by atoms with Gasteiger partial charge in [0.05, 0.1) is 23.7 Å². The van der Waals surface area contributed by atoms with E-state index < -0.39 is 0 Å². The van der Waals surface area contributed by atoms with Crippen molar-refractivity contribution in [2.75, 3.05) is 19.4 Å². The molecule has 0 unspecified atom stereocenters. The number of aromatic nitrogens is 3. The van der Waals surface area contributed by atoms with Crippen LogP contribution in [0.25, 0.3) is 17.1 Å². The predicted octanol–water partition coefficient (Wildman–Crippen LogP) is 2.96. The third kappa shape index (κ3) is 5.92. The molecule has 0 bridgehead atoms. The molecule has 3 aromatic rings.